The molecule has 394 valence electrons. The monoisotopic (exact) mass is 1080 g/mol. The lowest BCUT2D eigenvalue weighted by Crippen LogP contribution is -2.75. The molecule has 77 heavy (non-hydrogen) atoms. The highest BCUT2D eigenvalue weighted by Crippen LogP contribution is 2.51. The summed E-state index contributed by atoms with van der Waals surface area (Å²) in [6.07, 6.45) is 7.42. The van der Waals surface area contributed by atoms with Crippen molar-refractivity contribution in [2.75, 3.05) is 86.1 Å². The van der Waals surface area contributed by atoms with Gasteiger partial charge in [0.15, 0.2) is 21.9 Å². The molecule has 13 rings (SSSR count). The average Bonchev–Trinajstić information content (AvgIpc) is 4.20. The molecule has 5 fully saturated rings. The molecule has 4 saturated heterocycles. The van der Waals surface area contributed by atoms with Crippen LogP contribution in [-0.2, 0) is 12.8 Å². The predicted molar refractivity (Wildman–Crippen MR) is 287 cm³/mol. The van der Waals surface area contributed by atoms with E-state index in [-0.39, 0.29) is 34.7 Å². The molecule has 1 aliphatic carbocycles. The minimum absolute atomic E-state index is 0.0414. The van der Waals surface area contributed by atoms with Crippen LogP contribution in [0.25, 0.3) is 33.5 Å². The molecule has 6 aromatic heterocycles. The fourth-order valence-electron chi connectivity index (χ4n) is 11.5. The number of β-amino-alcohol motifs (C(OH)–C–C–N with tert-alkyl or cyclic N) is 1. The normalized spacial score (nSPS) is 17.0. The van der Waals surface area contributed by atoms with Gasteiger partial charge in [-0.1, -0.05) is 42.9 Å². The Kier molecular flexibility index (Phi) is 12.4. The quantitative estimate of drug-likeness (QED) is 0.129. The van der Waals surface area contributed by atoms with Gasteiger partial charge in [-0.2, -0.15) is 20.7 Å². The first-order valence-corrected chi connectivity index (χ1v) is 27.2. The number of anilines is 6. The highest BCUT2D eigenvalue weighted by atomic mass is 32.1. The van der Waals surface area contributed by atoms with Crippen molar-refractivity contribution in [3.05, 3.63) is 117 Å². The first-order valence-electron chi connectivity index (χ1n) is 25.5. The van der Waals surface area contributed by atoms with Gasteiger partial charge in [-0.3, -0.25) is 0 Å². The summed E-state index contributed by atoms with van der Waals surface area (Å²) in [6, 6.07) is 19.9. The second kappa shape index (κ2) is 19.0. The fraction of sp³-hybridized carbons (Fsp3) is 0.364. The Morgan fingerprint density at radius 2 is 1.10 bits per heavy atom. The molecule has 1 saturated carbocycles. The largest absolute Gasteiger partial charge is 0.389 e. The number of benzene rings is 2. The summed E-state index contributed by atoms with van der Waals surface area (Å²) in [7, 11) is 3.74. The number of carbonyl (C=O) groups excluding carboxylic acids is 1. The Labute approximate surface area is 448 Å². The molecule has 22 heteroatoms. The van der Waals surface area contributed by atoms with Gasteiger partial charge in [-0.05, 0) is 86.3 Å². The molecule has 0 unspecified atom stereocenters. The highest BCUT2D eigenvalue weighted by Gasteiger charge is 2.55. The van der Waals surface area contributed by atoms with Gasteiger partial charge in [0, 0.05) is 75.3 Å². The number of nitrogens with zero attached hydrogens (tertiary/aromatic N) is 14. The Morgan fingerprint density at radius 3 is 1.48 bits per heavy atom. The van der Waals surface area contributed by atoms with E-state index in [1.54, 1.807) is 43.1 Å². The predicted octanol–water partition coefficient (Wildman–Crippen LogP) is 9.78. The summed E-state index contributed by atoms with van der Waals surface area (Å²) >= 11 is 2.50. The second-order valence-electron chi connectivity index (χ2n) is 20.9. The van der Waals surface area contributed by atoms with Crippen LogP contribution in [0.5, 0.6) is 0 Å². The molecule has 1 N–H and O–H groups in total. The summed E-state index contributed by atoms with van der Waals surface area (Å²) in [6.45, 7) is 9.10. The van der Waals surface area contributed by atoms with Crippen molar-refractivity contribution in [2.24, 2.45) is 10.8 Å². The van der Waals surface area contributed by atoms with Crippen molar-refractivity contribution in [3.8, 4) is 34.7 Å². The number of rotatable bonds is 10. The molecule has 5 aliphatic rings. The number of aliphatic hydroxyl groups is 1. The number of aliphatic hydroxyl groups excluding tert-OH is 1. The van der Waals surface area contributed by atoms with E-state index in [9.17, 15) is 29.2 Å². The maximum absolute atomic E-state index is 15.4. The lowest BCUT2D eigenvalue weighted by atomic mass is 9.63. The SMILES string of the molecule is CCc1nn2cc(F)c(N3CC4(CCC4)C3)cc2c1N(C)c1nc(-c2ccc(F)cc2)c(C#N)s1.CCc1nn2cc(F)c(N3CC4(CN(C(=O)N5CC(O)C5)C4)C3)cc2c1N(C)c1nc(-c2ccc(F)cc2)c(C#N)s1. The van der Waals surface area contributed by atoms with E-state index in [1.807, 2.05) is 54.8 Å². The van der Waals surface area contributed by atoms with E-state index in [2.05, 4.69) is 27.2 Å². The number of urea groups is 1. The highest BCUT2D eigenvalue weighted by molar-refractivity contribution is 7.17. The van der Waals surface area contributed by atoms with Crippen LogP contribution in [0.2, 0.25) is 0 Å². The van der Waals surface area contributed by atoms with Crippen molar-refractivity contribution < 1.29 is 27.5 Å². The molecule has 16 nitrogen and oxygen atoms in total. The van der Waals surface area contributed by atoms with Crippen LogP contribution in [0.1, 0.15) is 54.3 Å². The lowest BCUT2D eigenvalue weighted by molar-refractivity contribution is -0.0330. The first kappa shape index (κ1) is 50.1. The van der Waals surface area contributed by atoms with E-state index in [0.717, 1.165) is 41.4 Å². The average molecular weight is 1080 g/mol. The topological polar surface area (TPSA) is 165 Å². The number of nitriles is 2. The maximum atomic E-state index is 15.4. The number of halogens is 4. The van der Waals surface area contributed by atoms with E-state index < -0.39 is 6.10 Å². The van der Waals surface area contributed by atoms with Crippen LogP contribution in [-0.4, -0.2) is 123 Å². The molecule has 10 heterocycles. The molecule has 0 atom stereocenters. The fourth-order valence-corrected chi connectivity index (χ4v) is 13.2. The van der Waals surface area contributed by atoms with Gasteiger partial charge in [-0.15, -0.1) is 0 Å². The molecule has 0 bridgehead atoms. The molecule has 2 spiro atoms. The number of hydrogen-bond acceptors (Lipinski definition) is 14. The van der Waals surface area contributed by atoms with Crippen molar-refractivity contribution in [2.45, 2.75) is 52.1 Å². The molecule has 8 aromatic rings. The van der Waals surface area contributed by atoms with Crippen molar-refractivity contribution >= 4 is 72.8 Å². The van der Waals surface area contributed by atoms with Crippen LogP contribution < -0.4 is 19.6 Å². The lowest BCUT2D eigenvalue weighted by Gasteiger charge is -2.61. The number of pyridine rings is 2. The van der Waals surface area contributed by atoms with Gasteiger partial charge < -0.3 is 34.5 Å². The number of carbonyl (C=O) groups is 1. The number of aryl methyl sites for hydroxylation is 2. The van der Waals surface area contributed by atoms with Gasteiger partial charge in [0.2, 0.25) is 0 Å². The summed E-state index contributed by atoms with van der Waals surface area (Å²) in [4.78, 5) is 34.2. The van der Waals surface area contributed by atoms with E-state index in [4.69, 9.17) is 9.97 Å². The molecule has 2 amide bonds. The first-order chi connectivity index (χ1) is 37.1. The van der Waals surface area contributed by atoms with Crippen LogP contribution >= 0.6 is 22.7 Å². The summed E-state index contributed by atoms with van der Waals surface area (Å²) in [5, 5.41) is 39.5. The van der Waals surface area contributed by atoms with Crippen molar-refractivity contribution in [1.29, 1.82) is 10.5 Å². The van der Waals surface area contributed by atoms with Gasteiger partial charge in [-0.25, -0.2) is 41.4 Å². The summed E-state index contributed by atoms with van der Waals surface area (Å²) in [5.74, 6) is -1.36. The Morgan fingerprint density at radius 1 is 0.675 bits per heavy atom. The maximum Gasteiger partial charge on any atom is 0.320 e. The molecule has 2 aromatic carbocycles. The Bertz CT molecular complexity index is 3700. The number of thiazole rings is 2. The number of amides is 2. The van der Waals surface area contributed by atoms with Crippen LogP contribution in [0.4, 0.5) is 55.4 Å². The Balaban J connectivity index is 0.000000157. The van der Waals surface area contributed by atoms with Gasteiger partial charge in [0.1, 0.15) is 44.9 Å². The smallest absolute Gasteiger partial charge is 0.320 e. The van der Waals surface area contributed by atoms with Crippen molar-refractivity contribution in [3.63, 3.8) is 0 Å². The van der Waals surface area contributed by atoms with E-state index in [1.165, 1.54) is 78.6 Å². The number of likely N-dealkylation sites (tertiary alicyclic amines) is 2. The van der Waals surface area contributed by atoms with Crippen LogP contribution in [0.3, 0.4) is 0 Å². The third-order valence-electron chi connectivity index (χ3n) is 15.7. The third-order valence-corrected chi connectivity index (χ3v) is 17.8. The van der Waals surface area contributed by atoms with Crippen molar-refractivity contribution in [1.82, 2.24) is 39.0 Å². The molecular formula is C55H52F4N14O2S2. The second-order valence-corrected chi connectivity index (χ2v) is 22.9. The standard InChI is InChI=1S/C29H28F2N8O2S.C26H24F2N6S/c1-3-21-26(35(2)27-33-25(24(9-32)42-27)17-4-6-18(30)7-5-17)23-8-22(20(31)12-39(23)34-21)37-13-29(14-37)15-38(16-29)28(41)36-10-19(40)11-36;1-3-19-24(32(2)25-30-23(22(12-29)35-25)16-5-7-17(27)8-6-16)21-11-20(18(28)13-34(21)31-19)33-14-26(15-33)9-4-10-26/h4-8,12,19,40H,3,10-11,13-16H2,1-2H3;5-8,11,13H,3-4,9-10,14-15H2,1-2H3. The minimum atomic E-state index is -0.428. The zero-order valence-corrected chi connectivity index (χ0v) is 44.3. The zero-order valence-electron chi connectivity index (χ0n) is 42.6. The Hall–Kier alpha value is -7.79. The van der Waals surface area contributed by atoms with E-state index >= 15 is 8.78 Å². The number of aromatic nitrogens is 6. The van der Waals surface area contributed by atoms with Crippen LogP contribution in [0.15, 0.2) is 73.1 Å². The van der Waals surface area contributed by atoms with Gasteiger partial charge in [0.25, 0.3) is 0 Å². The van der Waals surface area contributed by atoms with E-state index in [0.29, 0.717) is 117 Å². The van der Waals surface area contributed by atoms with Crippen LogP contribution in [0, 0.1) is 56.8 Å². The third kappa shape index (κ3) is 8.62. The number of hydrogen-bond donors (Lipinski definition) is 1. The molecular weight excluding hydrogens is 1030 g/mol. The van der Waals surface area contributed by atoms with Gasteiger partial charge in [0.05, 0.1) is 76.8 Å². The number of fused-ring (bicyclic) bond motifs is 2. The summed E-state index contributed by atoms with van der Waals surface area (Å²) < 4.78 is 60.5. The summed E-state index contributed by atoms with van der Waals surface area (Å²) in [5.41, 5.74) is 8.47. The molecule has 4 aliphatic heterocycles. The minimum Gasteiger partial charge on any atom is -0.389 e. The van der Waals surface area contributed by atoms with Gasteiger partial charge >= 0.3 is 6.03 Å². The zero-order chi connectivity index (χ0) is 53.7. The molecule has 0 radical (unpaired) electrons.